The highest BCUT2D eigenvalue weighted by Gasteiger charge is 2.33. The third-order valence-electron chi connectivity index (χ3n) is 4.01. The Hall–Kier alpha value is -2.22. The van der Waals surface area contributed by atoms with Gasteiger partial charge in [0.2, 0.25) is 0 Å². The lowest BCUT2D eigenvalue weighted by Crippen LogP contribution is -2.37. The van der Waals surface area contributed by atoms with E-state index in [2.05, 4.69) is 21.0 Å². The first-order chi connectivity index (χ1) is 11.5. The lowest BCUT2D eigenvalue weighted by molar-refractivity contribution is -0.137. The van der Waals surface area contributed by atoms with Crippen molar-refractivity contribution >= 4 is 27.8 Å². The third kappa shape index (κ3) is 3.33. The molecule has 0 spiro atoms. The van der Waals surface area contributed by atoms with E-state index in [0.29, 0.717) is 23.1 Å². The molecule has 0 radical (unpaired) electrons. The topological polar surface area (TPSA) is 75.4 Å². The molecule has 1 saturated heterocycles. The van der Waals surface area contributed by atoms with E-state index in [1.807, 2.05) is 0 Å². The molecule has 1 aliphatic rings. The van der Waals surface area contributed by atoms with Crippen LogP contribution in [-0.4, -0.2) is 44.3 Å². The summed E-state index contributed by atoms with van der Waals surface area (Å²) in [5.41, 5.74) is 0.844. The van der Waals surface area contributed by atoms with Crippen LogP contribution in [0.1, 0.15) is 29.8 Å². The van der Waals surface area contributed by atoms with Gasteiger partial charge in [0.1, 0.15) is 5.82 Å². The molecule has 1 N–H and O–H groups in total. The molecule has 6 nitrogen and oxygen atoms in total. The summed E-state index contributed by atoms with van der Waals surface area (Å²) in [6, 6.07) is 5.45. The van der Waals surface area contributed by atoms with Gasteiger partial charge < -0.3 is 10.0 Å². The Morgan fingerprint density at radius 1 is 1.33 bits per heavy atom. The molecule has 2 aromatic rings. The van der Waals surface area contributed by atoms with E-state index in [1.165, 1.54) is 16.8 Å². The molecule has 0 saturated carbocycles. The van der Waals surface area contributed by atoms with Gasteiger partial charge in [0.15, 0.2) is 5.69 Å². The van der Waals surface area contributed by atoms with E-state index < -0.39 is 5.97 Å². The van der Waals surface area contributed by atoms with Gasteiger partial charge >= 0.3 is 5.97 Å². The van der Waals surface area contributed by atoms with Gasteiger partial charge in [0.25, 0.3) is 5.91 Å². The van der Waals surface area contributed by atoms with Crippen LogP contribution in [0.3, 0.4) is 0 Å². The van der Waals surface area contributed by atoms with E-state index in [-0.39, 0.29) is 29.9 Å². The molecule has 1 unspecified atom stereocenters. The van der Waals surface area contributed by atoms with Crippen molar-refractivity contribution in [2.75, 3.05) is 6.54 Å². The molecule has 0 bridgehead atoms. The smallest absolute Gasteiger partial charge is 0.305 e. The average molecular weight is 396 g/mol. The Morgan fingerprint density at radius 2 is 2.04 bits per heavy atom. The van der Waals surface area contributed by atoms with Crippen molar-refractivity contribution in [3.8, 4) is 5.69 Å². The Bertz CT molecular complexity index is 775. The molecule has 1 aromatic carbocycles. The van der Waals surface area contributed by atoms with Gasteiger partial charge in [-0.2, -0.15) is 5.10 Å². The summed E-state index contributed by atoms with van der Waals surface area (Å²) < 4.78 is 15.0. The number of carbonyl (C=O) groups excluding carboxylic acids is 1. The van der Waals surface area contributed by atoms with Crippen LogP contribution in [0.15, 0.2) is 34.9 Å². The summed E-state index contributed by atoms with van der Waals surface area (Å²) in [4.78, 5) is 25.2. The molecule has 1 amide bonds. The van der Waals surface area contributed by atoms with E-state index in [4.69, 9.17) is 5.11 Å². The van der Waals surface area contributed by atoms with Crippen LogP contribution in [0, 0.1) is 5.82 Å². The normalized spacial score (nSPS) is 17.2. The number of hydrogen-bond acceptors (Lipinski definition) is 3. The lowest BCUT2D eigenvalue weighted by atomic mass is 10.1. The quantitative estimate of drug-likeness (QED) is 0.863. The van der Waals surface area contributed by atoms with E-state index in [9.17, 15) is 14.0 Å². The van der Waals surface area contributed by atoms with Crippen LogP contribution in [0.2, 0.25) is 0 Å². The number of halogens is 2. The number of carboxylic acid groups (broad SMARTS) is 1. The second-order valence-corrected chi connectivity index (χ2v) is 6.49. The maximum atomic E-state index is 13.0. The molecule has 1 aliphatic heterocycles. The summed E-state index contributed by atoms with van der Waals surface area (Å²) in [6.45, 7) is 0.520. The number of benzene rings is 1. The van der Waals surface area contributed by atoms with Crippen molar-refractivity contribution in [2.45, 2.75) is 25.3 Å². The Labute approximate surface area is 146 Å². The highest BCUT2D eigenvalue weighted by molar-refractivity contribution is 9.10. The molecule has 24 heavy (non-hydrogen) atoms. The maximum absolute atomic E-state index is 13.0. The van der Waals surface area contributed by atoms with Gasteiger partial charge in [-0.15, -0.1) is 0 Å². The second kappa shape index (κ2) is 6.72. The lowest BCUT2D eigenvalue weighted by Gasteiger charge is -2.22. The monoisotopic (exact) mass is 395 g/mol. The Balaban J connectivity index is 1.85. The van der Waals surface area contributed by atoms with E-state index in [1.54, 1.807) is 23.2 Å². The SMILES string of the molecule is O=C(O)CC1CCCN1C(=O)c1nn(-c2ccc(F)cc2)cc1Br. The maximum Gasteiger partial charge on any atom is 0.305 e. The summed E-state index contributed by atoms with van der Waals surface area (Å²) in [6.07, 6.45) is 3.01. The zero-order chi connectivity index (χ0) is 17.3. The van der Waals surface area contributed by atoms with E-state index in [0.717, 1.165) is 6.42 Å². The number of amides is 1. The number of hydrogen-bond donors (Lipinski definition) is 1. The van der Waals surface area contributed by atoms with Crippen molar-refractivity contribution in [1.29, 1.82) is 0 Å². The highest BCUT2D eigenvalue weighted by atomic mass is 79.9. The minimum atomic E-state index is -0.921. The molecule has 1 aromatic heterocycles. The first kappa shape index (κ1) is 16.6. The summed E-state index contributed by atoms with van der Waals surface area (Å²) in [5.74, 6) is -1.57. The third-order valence-corrected chi connectivity index (χ3v) is 4.59. The number of aromatic nitrogens is 2. The number of aliphatic carboxylic acids is 1. The molecule has 1 atom stereocenters. The van der Waals surface area contributed by atoms with Crippen molar-refractivity contribution in [3.05, 3.63) is 46.4 Å². The van der Waals surface area contributed by atoms with Gasteiger partial charge in [-0.05, 0) is 53.0 Å². The molecular formula is C16H15BrFN3O3. The van der Waals surface area contributed by atoms with E-state index >= 15 is 0 Å². The summed E-state index contributed by atoms with van der Waals surface area (Å²) in [7, 11) is 0. The fourth-order valence-corrected chi connectivity index (χ4v) is 3.32. The molecule has 126 valence electrons. The van der Waals surface area contributed by atoms with Crippen molar-refractivity contribution in [3.63, 3.8) is 0 Å². The first-order valence-corrected chi connectivity index (χ1v) is 8.29. The zero-order valence-electron chi connectivity index (χ0n) is 12.7. The Morgan fingerprint density at radius 3 is 2.71 bits per heavy atom. The van der Waals surface area contributed by atoms with Gasteiger partial charge in [-0.3, -0.25) is 9.59 Å². The first-order valence-electron chi connectivity index (χ1n) is 7.49. The van der Waals surface area contributed by atoms with Crippen LogP contribution >= 0.6 is 15.9 Å². The van der Waals surface area contributed by atoms with Crippen molar-refractivity contribution in [1.82, 2.24) is 14.7 Å². The largest absolute Gasteiger partial charge is 0.481 e. The minimum absolute atomic E-state index is 0.0674. The molecule has 0 aliphatic carbocycles. The van der Waals surface area contributed by atoms with Gasteiger partial charge in [-0.25, -0.2) is 9.07 Å². The van der Waals surface area contributed by atoms with Crippen molar-refractivity contribution in [2.24, 2.45) is 0 Å². The fourth-order valence-electron chi connectivity index (χ4n) is 2.88. The standard InChI is InChI=1S/C16H15BrFN3O3/c17-13-9-21(11-5-3-10(18)4-6-11)19-15(13)16(24)20-7-1-2-12(20)8-14(22)23/h3-6,9,12H,1-2,7-8H2,(H,22,23). The van der Waals surface area contributed by atoms with Crippen molar-refractivity contribution < 1.29 is 19.1 Å². The van der Waals surface area contributed by atoms with Crippen LogP contribution in [0.4, 0.5) is 4.39 Å². The highest BCUT2D eigenvalue weighted by Crippen LogP contribution is 2.26. The molecule has 1 fully saturated rings. The van der Waals surface area contributed by atoms with Crippen LogP contribution < -0.4 is 0 Å². The fraction of sp³-hybridized carbons (Fsp3) is 0.312. The number of likely N-dealkylation sites (tertiary alicyclic amines) is 1. The van der Waals surface area contributed by atoms with Gasteiger partial charge in [-0.1, -0.05) is 0 Å². The van der Waals surface area contributed by atoms with Gasteiger partial charge in [0, 0.05) is 18.8 Å². The van der Waals surface area contributed by atoms with Crippen LogP contribution in [0.5, 0.6) is 0 Å². The summed E-state index contributed by atoms with van der Waals surface area (Å²) in [5, 5.41) is 13.3. The summed E-state index contributed by atoms with van der Waals surface area (Å²) >= 11 is 3.33. The van der Waals surface area contributed by atoms with Gasteiger partial charge in [0.05, 0.1) is 16.6 Å². The molecular weight excluding hydrogens is 381 g/mol. The zero-order valence-corrected chi connectivity index (χ0v) is 14.2. The number of rotatable bonds is 4. The average Bonchev–Trinajstić information content (AvgIpc) is 3.13. The molecule has 3 rings (SSSR count). The molecule has 2 heterocycles. The van der Waals surface area contributed by atoms with Crippen LogP contribution in [-0.2, 0) is 4.79 Å². The minimum Gasteiger partial charge on any atom is -0.481 e. The Kier molecular flexibility index (Phi) is 4.66. The van der Waals surface area contributed by atoms with Crippen LogP contribution in [0.25, 0.3) is 5.69 Å². The predicted octanol–water partition coefficient (Wildman–Crippen LogP) is 2.85. The number of carboxylic acids is 1. The predicted molar refractivity (Wildman–Crippen MR) is 87.5 cm³/mol. The second-order valence-electron chi connectivity index (χ2n) is 5.64. The number of nitrogens with zero attached hydrogens (tertiary/aromatic N) is 3. The molecule has 8 heteroatoms. The number of carbonyl (C=O) groups is 2.